The summed E-state index contributed by atoms with van der Waals surface area (Å²) in [5.41, 5.74) is 9.73. The molecule has 0 atom stereocenters. The van der Waals surface area contributed by atoms with Gasteiger partial charge in [0.25, 0.3) is 0 Å². The van der Waals surface area contributed by atoms with Crippen LogP contribution < -0.4 is 11.1 Å². The van der Waals surface area contributed by atoms with Crippen LogP contribution in [0.3, 0.4) is 0 Å². The molecule has 0 aliphatic carbocycles. The number of rotatable bonds is 2. The fourth-order valence-corrected chi connectivity index (χ4v) is 3.47. The van der Waals surface area contributed by atoms with Crippen LogP contribution >= 0.6 is 27.3 Å². The summed E-state index contributed by atoms with van der Waals surface area (Å²) in [7, 11) is 0. The van der Waals surface area contributed by atoms with Gasteiger partial charge in [0.2, 0.25) is 0 Å². The molecule has 96 valence electrons. The quantitative estimate of drug-likeness (QED) is 0.668. The molecule has 0 fully saturated rings. The molecule has 0 saturated carbocycles. The number of aryl methyl sites for hydroxylation is 1. The standard InChI is InChI=1S/C14H12BrN3S/c1-8-4-9(15)6-11(5-8)17-14-18-12-3-2-10(16)7-13(12)19-14/h2-7H,16H2,1H3,(H,17,18). The first kappa shape index (κ1) is 12.4. The molecule has 1 aromatic heterocycles. The topological polar surface area (TPSA) is 50.9 Å². The van der Waals surface area contributed by atoms with Gasteiger partial charge in [-0.3, -0.25) is 0 Å². The normalized spacial score (nSPS) is 10.8. The molecule has 0 amide bonds. The van der Waals surface area contributed by atoms with Crippen LogP contribution in [0.15, 0.2) is 40.9 Å². The maximum Gasteiger partial charge on any atom is 0.188 e. The van der Waals surface area contributed by atoms with Gasteiger partial charge in [0, 0.05) is 15.8 Å². The number of nitrogens with one attached hydrogen (secondary N) is 1. The van der Waals surface area contributed by atoms with Crippen molar-refractivity contribution in [2.75, 3.05) is 11.1 Å². The molecule has 3 rings (SSSR count). The van der Waals surface area contributed by atoms with Crippen LogP contribution in [-0.2, 0) is 0 Å². The van der Waals surface area contributed by atoms with Crippen LogP contribution in [0.2, 0.25) is 0 Å². The van der Waals surface area contributed by atoms with Crippen molar-refractivity contribution in [1.29, 1.82) is 0 Å². The Kier molecular flexibility index (Phi) is 3.16. The predicted molar refractivity (Wildman–Crippen MR) is 86.2 cm³/mol. The first-order chi connectivity index (χ1) is 9.10. The second-order valence-electron chi connectivity index (χ2n) is 4.39. The highest BCUT2D eigenvalue weighted by Crippen LogP contribution is 2.30. The minimum atomic E-state index is 0.765. The third-order valence-corrected chi connectivity index (χ3v) is 4.10. The summed E-state index contributed by atoms with van der Waals surface area (Å²) >= 11 is 5.10. The van der Waals surface area contributed by atoms with Gasteiger partial charge >= 0.3 is 0 Å². The first-order valence-electron chi connectivity index (χ1n) is 5.80. The van der Waals surface area contributed by atoms with Crippen LogP contribution in [0, 0.1) is 6.92 Å². The van der Waals surface area contributed by atoms with Crippen LogP contribution in [0.4, 0.5) is 16.5 Å². The van der Waals surface area contributed by atoms with Crippen LogP contribution in [0.5, 0.6) is 0 Å². The van der Waals surface area contributed by atoms with Crippen molar-refractivity contribution in [2.24, 2.45) is 0 Å². The van der Waals surface area contributed by atoms with E-state index in [9.17, 15) is 0 Å². The number of thiazole rings is 1. The number of halogens is 1. The van der Waals surface area contributed by atoms with Crippen molar-refractivity contribution in [3.05, 3.63) is 46.4 Å². The molecule has 1 heterocycles. The molecule has 0 spiro atoms. The minimum Gasteiger partial charge on any atom is -0.399 e. The summed E-state index contributed by atoms with van der Waals surface area (Å²) in [6, 6.07) is 12.0. The zero-order valence-electron chi connectivity index (χ0n) is 10.3. The molecule has 0 radical (unpaired) electrons. The summed E-state index contributed by atoms with van der Waals surface area (Å²) in [6.45, 7) is 2.06. The van der Waals surface area contributed by atoms with Gasteiger partial charge < -0.3 is 11.1 Å². The monoisotopic (exact) mass is 333 g/mol. The Bertz CT molecular complexity index is 731. The molecule has 0 aliphatic heterocycles. The highest BCUT2D eigenvalue weighted by atomic mass is 79.9. The zero-order chi connectivity index (χ0) is 13.4. The summed E-state index contributed by atoms with van der Waals surface area (Å²) in [5, 5.41) is 4.20. The van der Waals surface area contributed by atoms with E-state index < -0.39 is 0 Å². The van der Waals surface area contributed by atoms with E-state index in [1.54, 1.807) is 11.3 Å². The summed E-state index contributed by atoms with van der Waals surface area (Å²) in [5.74, 6) is 0. The number of nitrogen functional groups attached to an aromatic ring is 1. The Morgan fingerprint density at radius 2 is 2.05 bits per heavy atom. The van der Waals surface area contributed by atoms with E-state index in [1.165, 1.54) is 5.56 Å². The molecule has 2 aromatic carbocycles. The molecular weight excluding hydrogens is 322 g/mol. The maximum atomic E-state index is 5.78. The van der Waals surface area contributed by atoms with Crippen molar-refractivity contribution in [1.82, 2.24) is 4.98 Å². The number of anilines is 3. The Morgan fingerprint density at radius 1 is 1.21 bits per heavy atom. The third kappa shape index (κ3) is 2.72. The first-order valence-corrected chi connectivity index (χ1v) is 7.41. The Morgan fingerprint density at radius 3 is 2.84 bits per heavy atom. The van der Waals surface area contributed by atoms with Gasteiger partial charge in [-0.25, -0.2) is 4.98 Å². The smallest absolute Gasteiger partial charge is 0.188 e. The largest absolute Gasteiger partial charge is 0.399 e. The van der Waals surface area contributed by atoms with Gasteiger partial charge in [0.15, 0.2) is 5.13 Å². The fourth-order valence-electron chi connectivity index (χ4n) is 1.93. The lowest BCUT2D eigenvalue weighted by Gasteiger charge is -2.04. The Hall–Kier alpha value is -1.59. The average molecular weight is 334 g/mol. The van der Waals surface area contributed by atoms with Gasteiger partial charge in [-0.05, 0) is 48.9 Å². The lowest BCUT2D eigenvalue weighted by atomic mass is 10.2. The Labute approximate surface area is 123 Å². The Balaban J connectivity index is 1.96. The molecule has 3 aromatic rings. The van der Waals surface area contributed by atoms with E-state index in [-0.39, 0.29) is 0 Å². The number of benzene rings is 2. The summed E-state index contributed by atoms with van der Waals surface area (Å²) in [4.78, 5) is 4.54. The highest BCUT2D eigenvalue weighted by Gasteiger charge is 2.05. The summed E-state index contributed by atoms with van der Waals surface area (Å²) in [6.07, 6.45) is 0. The molecular formula is C14H12BrN3S. The highest BCUT2D eigenvalue weighted by molar-refractivity contribution is 9.10. The second kappa shape index (κ2) is 4.83. The number of hydrogen-bond acceptors (Lipinski definition) is 4. The SMILES string of the molecule is Cc1cc(Br)cc(Nc2nc3ccc(N)cc3s2)c1. The van der Waals surface area contributed by atoms with E-state index in [0.29, 0.717) is 0 Å². The number of aromatic nitrogens is 1. The lowest BCUT2D eigenvalue weighted by Crippen LogP contribution is -1.89. The number of nitrogens with zero attached hydrogens (tertiary/aromatic N) is 1. The van der Waals surface area contributed by atoms with Crippen molar-refractivity contribution < 1.29 is 0 Å². The number of nitrogens with two attached hydrogens (primary N) is 1. The fraction of sp³-hybridized carbons (Fsp3) is 0.0714. The van der Waals surface area contributed by atoms with Crippen molar-refractivity contribution >= 4 is 54.0 Å². The van der Waals surface area contributed by atoms with Crippen molar-refractivity contribution in [2.45, 2.75) is 6.92 Å². The van der Waals surface area contributed by atoms with Crippen molar-refractivity contribution in [3.63, 3.8) is 0 Å². The molecule has 3 nitrogen and oxygen atoms in total. The molecule has 5 heteroatoms. The zero-order valence-corrected chi connectivity index (χ0v) is 12.7. The van der Waals surface area contributed by atoms with Crippen LogP contribution in [-0.4, -0.2) is 4.98 Å². The van der Waals surface area contributed by atoms with Crippen molar-refractivity contribution in [3.8, 4) is 0 Å². The van der Waals surface area contributed by atoms with Gasteiger partial charge in [0.05, 0.1) is 10.2 Å². The van der Waals surface area contributed by atoms with E-state index in [4.69, 9.17) is 5.73 Å². The second-order valence-corrected chi connectivity index (χ2v) is 6.33. The molecule has 0 bridgehead atoms. The summed E-state index contributed by atoms with van der Waals surface area (Å²) < 4.78 is 2.15. The number of hydrogen-bond donors (Lipinski definition) is 2. The van der Waals surface area contributed by atoms with Gasteiger partial charge in [-0.1, -0.05) is 27.3 Å². The molecule has 3 N–H and O–H groups in total. The van der Waals surface area contributed by atoms with E-state index in [2.05, 4.69) is 45.3 Å². The molecule has 0 aliphatic rings. The van der Waals surface area contributed by atoms with Crippen LogP contribution in [0.25, 0.3) is 10.2 Å². The van der Waals surface area contributed by atoms with E-state index in [1.807, 2.05) is 24.3 Å². The number of fused-ring (bicyclic) bond motifs is 1. The van der Waals surface area contributed by atoms with E-state index >= 15 is 0 Å². The molecule has 0 unspecified atom stereocenters. The average Bonchev–Trinajstić information content (AvgIpc) is 2.68. The molecule has 19 heavy (non-hydrogen) atoms. The van der Waals surface area contributed by atoms with Crippen LogP contribution in [0.1, 0.15) is 5.56 Å². The minimum absolute atomic E-state index is 0.765. The maximum absolute atomic E-state index is 5.78. The third-order valence-electron chi connectivity index (χ3n) is 2.71. The van der Waals surface area contributed by atoms with Gasteiger partial charge in [0.1, 0.15) is 0 Å². The van der Waals surface area contributed by atoms with Gasteiger partial charge in [-0.2, -0.15) is 0 Å². The lowest BCUT2D eigenvalue weighted by molar-refractivity contribution is 1.40. The predicted octanol–water partition coefficient (Wildman–Crippen LogP) is 4.69. The van der Waals surface area contributed by atoms with E-state index in [0.717, 1.165) is 31.2 Å². The van der Waals surface area contributed by atoms with Gasteiger partial charge in [-0.15, -0.1) is 0 Å². The molecule has 0 saturated heterocycles.